The lowest BCUT2D eigenvalue weighted by molar-refractivity contribution is 0.174. The molecule has 1 aromatic carbocycles. The van der Waals surface area contributed by atoms with Crippen LogP contribution in [0.2, 0.25) is 0 Å². The third-order valence-electron chi connectivity index (χ3n) is 3.79. The van der Waals surface area contributed by atoms with E-state index in [1.165, 1.54) is 0 Å². The van der Waals surface area contributed by atoms with Gasteiger partial charge in [0, 0.05) is 18.5 Å². The van der Waals surface area contributed by atoms with E-state index < -0.39 is 0 Å². The highest BCUT2D eigenvalue weighted by atomic mass is 16.7. The minimum Gasteiger partial charge on any atom is -0.454 e. The van der Waals surface area contributed by atoms with Crippen molar-refractivity contribution in [3.05, 3.63) is 54.4 Å². The summed E-state index contributed by atoms with van der Waals surface area (Å²) in [6.07, 6.45) is 4.05. The van der Waals surface area contributed by atoms with Gasteiger partial charge in [0.2, 0.25) is 6.79 Å². The molecule has 0 radical (unpaired) electrons. The highest BCUT2D eigenvalue weighted by molar-refractivity contribution is 5.50. The molecule has 3 aromatic rings. The van der Waals surface area contributed by atoms with Gasteiger partial charge in [-0.25, -0.2) is 9.67 Å². The van der Waals surface area contributed by atoms with Gasteiger partial charge in [-0.2, -0.15) is 5.10 Å². The maximum Gasteiger partial charge on any atom is 0.231 e. The zero-order valence-electron chi connectivity index (χ0n) is 12.4. The Morgan fingerprint density at radius 3 is 2.73 bits per heavy atom. The summed E-state index contributed by atoms with van der Waals surface area (Å²) < 4.78 is 14.8. The molecule has 0 spiro atoms. The van der Waals surface area contributed by atoms with Crippen LogP contribution in [0, 0.1) is 6.92 Å². The third kappa shape index (κ3) is 2.04. The van der Waals surface area contributed by atoms with Gasteiger partial charge in [0.25, 0.3) is 0 Å². The van der Waals surface area contributed by atoms with Gasteiger partial charge in [0.05, 0.1) is 11.7 Å². The van der Waals surface area contributed by atoms with Crippen molar-refractivity contribution in [3.63, 3.8) is 0 Å². The van der Waals surface area contributed by atoms with Gasteiger partial charge in [-0.15, -0.1) is 0 Å². The monoisotopic (exact) mass is 296 g/mol. The van der Waals surface area contributed by atoms with E-state index in [9.17, 15) is 0 Å². The molecule has 6 nitrogen and oxygen atoms in total. The minimum absolute atomic E-state index is 0.0848. The molecular weight excluding hydrogens is 280 g/mol. The van der Waals surface area contributed by atoms with E-state index in [2.05, 4.69) is 21.6 Å². The quantitative estimate of drug-likeness (QED) is 0.745. The van der Waals surface area contributed by atoms with Crippen molar-refractivity contribution >= 4 is 0 Å². The van der Waals surface area contributed by atoms with E-state index in [-0.39, 0.29) is 12.8 Å². The molecule has 0 fully saturated rings. The van der Waals surface area contributed by atoms with Crippen LogP contribution in [0.25, 0.3) is 5.69 Å². The van der Waals surface area contributed by atoms with Gasteiger partial charge in [-0.1, -0.05) is 0 Å². The van der Waals surface area contributed by atoms with Crippen LogP contribution in [0.1, 0.15) is 24.6 Å². The molecule has 0 N–H and O–H groups in total. The highest BCUT2D eigenvalue weighted by Crippen LogP contribution is 2.34. The van der Waals surface area contributed by atoms with Crippen LogP contribution in [0.4, 0.5) is 0 Å². The number of hydrogen-bond acceptors (Lipinski definition) is 4. The van der Waals surface area contributed by atoms with Crippen molar-refractivity contribution in [1.29, 1.82) is 0 Å². The summed E-state index contributed by atoms with van der Waals surface area (Å²) in [5, 5.41) is 4.53. The molecule has 22 heavy (non-hydrogen) atoms. The van der Waals surface area contributed by atoms with Crippen LogP contribution in [0.3, 0.4) is 0 Å². The van der Waals surface area contributed by atoms with Crippen LogP contribution in [0.5, 0.6) is 11.5 Å². The molecule has 0 saturated carbocycles. The Balaban J connectivity index is 1.79. The molecule has 0 aliphatic carbocycles. The number of ether oxygens (including phenoxy) is 2. The lowest BCUT2D eigenvalue weighted by Crippen LogP contribution is -2.12. The van der Waals surface area contributed by atoms with Crippen molar-refractivity contribution < 1.29 is 9.47 Å². The molecule has 3 heterocycles. The van der Waals surface area contributed by atoms with E-state index in [1.54, 1.807) is 0 Å². The lowest BCUT2D eigenvalue weighted by Gasteiger charge is -2.14. The van der Waals surface area contributed by atoms with Crippen LogP contribution in [-0.4, -0.2) is 26.1 Å². The molecular formula is C16H16N4O2. The standard InChI is InChI=1S/C16H16N4O2/c1-11(19-7-3-4-8-19)16-17-12(2)18-20(16)13-5-6-14-15(9-13)22-10-21-14/h3-9,11H,10H2,1-2H3/t11-/m1/s1. The Labute approximate surface area is 127 Å². The number of nitrogens with zero attached hydrogens (tertiary/aromatic N) is 4. The maximum absolute atomic E-state index is 5.45. The van der Waals surface area contributed by atoms with Crippen molar-refractivity contribution in [3.8, 4) is 17.2 Å². The largest absolute Gasteiger partial charge is 0.454 e. The molecule has 6 heteroatoms. The molecule has 4 rings (SSSR count). The number of aryl methyl sites for hydroxylation is 1. The van der Waals surface area contributed by atoms with Crippen LogP contribution < -0.4 is 9.47 Å². The Kier molecular flexibility index (Phi) is 2.89. The first kappa shape index (κ1) is 12.9. The molecule has 0 bridgehead atoms. The molecule has 0 amide bonds. The number of hydrogen-bond donors (Lipinski definition) is 0. The third-order valence-corrected chi connectivity index (χ3v) is 3.79. The van der Waals surface area contributed by atoms with Gasteiger partial charge >= 0.3 is 0 Å². The SMILES string of the molecule is Cc1nc([C@@H](C)n2cccc2)n(-c2ccc3c(c2)OCO3)n1. The molecule has 1 aliphatic heterocycles. The summed E-state index contributed by atoms with van der Waals surface area (Å²) in [6, 6.07) is 9.89. The lowest BCUT2D eigenvalue weighted by atomic mass is 10.2. The summed E-state index contributed by atoms with van der Waals surface area (Å²) >= 11 is 0. The second-order valence-electron chi connectivity index (χ2n) is 5.27. The summed E-state index contributed by atoms with van der Waals surface area (Å²) in [4.78, 5) is 4.60. The summed E-state index contributed by atoms with van der Waals surface area (Å²) in [6.45, 7) is 4.27. The first-order valence-corrected chi connectivity index (χ1v) is 7.18. The summed E-state index contributed by atoms with van der Waals surface area (Å²) in [5.74, 6) is 3.13. The Hall–Kier alpha value is -2.76. The highest BCUT2D eigenvalue weighted by Gasteiger charge is 2.20. The predicted molar refractivity (Wildman–Crippen MR) is 80.5 cm³/mol. The Morgan fingerprint density at radius 1 is 1.14 bits per heavy atom. The minimum atomic E-state index is 0.0848. The van der Waals surface area contributed by atoms with Crippen LogP contribution in [0.15, 0.2) is 42.7 Å². The second-order valence-corrected chi connectivity index (χ2v) is 5.27. The smallest absolute Gasteiger partial charge is 0.231 e. The molecule has 2 aromatic heterocycles. The van der Waals surface area contributed by atoms with Gasteiger partial charge in [-0.05, 0) is 38.1 Å². The fraction of sp³-hybridized carbons (Fsp3) is 0.250. The predicted octanol–water partition coefficient (Wildman–Crippen LogP) is 2.72. The number of rotatable bonds is 3. The Morgan fingerprint density at radius 2 is 1.91 bits per heavy atom. The zero-order valence-corrected chi connectivity index (χ0v) is 12.4. The fourth-order valence-corrected chi connectivity index (χ4v) is 2.65. The fourth-order valence-electron chi connectivity index (χ4n) is 2.65. The van der Waals surface area contributed by atoms with Crippen molar-refractivity contribution in [2.75, 3.05) is 6.79 Å². The molecule has 1 aliphatic rings. The average Bonchev–Trinajstić information content (AvgIpc) is 3.25. The molecule has 0 unspecified atom stereocenters. The first-order valence-electron chi connectivity index (χ1n) is 7.18. The van der Waals surface area contributed by atoms with Gasteiger partial charge in [-0.3, -0.25) is 0 Å². The number of benzene rings is 1. The van der Waals surface area contributed by atoms with Gasteiger partial charge in [0.15, 0.2) is 17.3 Å². The summed E-state index contributed by atoms with van der Waals surface area (Å²) in [5.41, 5.74) is 0.916. The average molecular weight is 296 g/mol. The first-order chi connectivity index (χ1) is 10.7. The van der Waals surface area contributed by atoms with Crippen molar-refractivity contribution in [1.82, 2.24) is 19.3 Å². The van der Waals surface area contributed by atoms with Crippen LogP contribution >= 0.6 is 0 Å². The normalized spacial score (nSPS) is 14.3. The topological polar surface area (TPSA) is 54.1 Å². The van der Waals surface area contributed by atoms with E-state index in [0.717, 1.165) is 28.8 Å². The van der Waals surface area contributed by atoms with E-state index in [4.69, 9.17) is 9.47 Å². The van der Waals surface area contributed by atoms with Gasteiger partial charge < -0.3 is 14.0 Å². The second kappa shape index (κ2) is 4.91. The zero-order chi connectivity index (χ0) is 15.1. The number of fused-ring (bicyclic) bond motifs is 1. The van der Waals surface area contributed by atoms with E-state index in [0.29, 0.717) is 0 Å². The molecule has 1 atom stereocenters. The van der Waals surface area contributed by atoms with Crippen molar-refractivity contribution in [2.45, 2.75) is 19.9 Å². The van der Waals surface area contributed by atoms with Gasteiger partial charge in [0.1, 0.15) is 5.82 Å². The molecule has 112 valence electrons. The van der Waals surface area contributed by atoms with E-state index >= 15 is 0 Å². The van der Waals surface area contributed by atoms with Crippen LogP contribution in [-0.2, 0) is 0 Å². The summed E-state index contributed by atoms with van der Waals surface area (Å²) in [7, 11) is 0. The maximum atomic E-state index is 5.45. The number of aromatic nitrogens is 4. The van der Waals surface area contributed by atoms with Crippen molar-refractivity contribution in [2.24, 2.45) is 0 Å². The Bertz CT molecular complexity index is 808. The molecule has 0 saturated heterocycles. The van der Waals surface area contributed by atoms with E-state index in [1.807, 2.05) is 54.3 Å².